The molecule has 5 N–H and O–H groups in total. The molecule has 4 aromatic rings. The molecule has 0 radical (unpaired) electrons. The van der Waals surface area contributed by atoms with Crippen LogP contribution in [0, 0.1) is 11.6 Å². The van der Waals surface area contributed by atoms with Gasteiger partial charge in [-0.15, -0.1) is 0 Å². The minimum absolute atomic E-state index is 0.0723. The number of hydrogen-bond acceptors (Lipinski definition) is 11. The largest absolute Gasteiger partial charge is 0.322 e. The second-order valence-corrected chi connectivity index (χ2v) is 13.1. The highest BCUT2D eigenvalue weighted by atomic mass is 32.2. The summed E-state index contributed by atoms with van der Waals surface area (Å²) in [5.74, 6) is -1.35. The molecule has 0 saturated heterocycles. The van der Waals surface area contributed by atoms with E-state index in [-0.39, 0.29) is 33.1 Å². The van der Waals surface area contributed by atoms with E-state index in [1.807, 2.05) is 0 Å². The summed E-state index contributed by atoms with van der Waals surface area (Å²) in [6.07, 6.45) is 0. The first-order valence-electron chi connectivity index (χ1n) is 13.1. The van der Waals surface area contributed by atoms with Crippen molar-refractivity contribution in [2.45, 2.75) is 23.6 Å². The highest BCUT2D eigenvalue weighted by Gasteiger charge is 2.13. The van der Waals surface area contributed by atoms with Crippen LogP contribution in [0.5, 0.6) is 0 Å². The van der Waals surface area contributed by atoms with Crippen molar-refractivity contribution in [1.82, 2.24) is 19.4 Å². The Morgan fingerprint density at radius 2 is 1.11 bits per heavy atom. The number of aromatic nitrogens is 2. The molecule has 0 aliphatic carbocycles. The SMILES string of the molecule is CNS(=O)(=O)c1ccc(/C(C)=N\Nc2cc(N/N=C(/C)c3ccc(S(=O)(=O)NC)cc3)nc(Nc3ccc(F)cc3F)n2)cc1. The summed E-state index contributed by atoms with van der Waals surface area (Å²) in [6, 6.07) is 16.6. The molecule has 0 atom stereocenters. The van der Waals surface area contributed by atoms with Crippen molar-refractivity contribution in [3.05, 3.63) is 95.6 Å². The first kappa shape index (κ1) is 33.1. The van der Waals surface area contributed by atoms with Crippen LogP contribution in [0.3, 0.4) is 0 Å². The lowest BCUT2D eigenvalue weighted by Crippen LogP contribution is -2.18. The fourth-order valence-electron chi connectivity index (χ4n) is 3.73. The zero-order chi connectivity index (χ0) is 32.8. The number of nitrogens with zero attached hydrogens (tertiary/aromatic N) is 4. The molecule has 236 valence electrons. The van der Waals surface area contributed by atoms with Crippen molar-refractivity contribution in [2.75, 3.05) is 30.3 Å². The normalized spacial score (nSPS) is 12.6. The number of benzene rings is 3. The van der Waals surface area contributed by atoms with Crippen LogP contribution in [-0.4, -0.2) is 52.3 Å². The molecule has 17 heteroatoms. The molecular weight excluding hydrogens is 628 g/mol. The molecule has 1 aromatic heterocycles. The second kappa shape index (κ2) is 13.9. The van der Waals surface area contributed by atoms with E-state index < -0.39 is 31.7 Å². The first-order chi connectivity index (χ1) is 21.3. The Labute approximate surface area is 259 Å². The zero-order valence-corrected chi connectivity index (χ0v) is 26.1. The molecule has 45 heavy (non-hydrogen) atoms. The maximum absolute atomic E-state index is 14.4. The highest BCUT2D eigenvalue weighted by molar-refractivity contribution is 7.89. The molecule has 0 fully saturated rings. The van der Waals surface area contributed by atoms with Gasteiger partial charge in [-0.25, -0.2) is 35.1 Å². The molecule has 0 bridgehead atoms. The molecule has 0 aliphatic rings. The average molecular weight is 658 g/mol. The fourth-order valence-corrected chi connectivity index (χ4v) is 5.19. The Balaban J connectivity index is 1.61. The van der Waals surface area contributed by atoms with Crippen molar-refractivity contribution >= 4 is 54.7 Å². The quantitative estimate of drug-likeness (QED) is 0.111. The number of hydrazone groups is 2. The number of sulfonamides is 2. The van der Waals surface area contributed by atoms with Gasteiger partial charge in [-0.1, -0.05) is 24.3 Å². The van der Waals surface area contributed by atoms with Crippen molar-refractivity contribution in [3.8, 4) is 0 Å². The van der Waals surface area contributed by atoms with Crippen LogP contribution in [0.15, 0.2) is 92.8 Å². The van der Waals surface area contributed by atoms with E-state index in [1.54, 1.807) is 38.1 Å². The molecule has 4 rings (SSSR count). The van der Waals surface area contributed by atoms with E-state index >= 15 is 0 Å². The van der Waals surface area contributed by atoms with Crippen LogP contribution < -0.4 is 25.6 Å². The van der Waals surface area contributed by atoms with Crippen LogP contribution >= 0.6 is 0 Å². The van der Waals surface area contributed by atoms with Gasteiger partial charge in [-0.2, -0.15) is 20.2 Å². The lowest BCUT2D eigenvalue weighted by Gasteiger charge is -2.11. The maximum atomic E-state index is 14.4. The summed E-state index contributed by atoms with van der Waals surface area (Å²) in [6.45, 7) is 3.39. The smallest absolute Gasteiger partial charge is 0.240 e. The zero-order valence-electron chi connectivity index (χ0n) is 24.4. The maximum Gasteiger partial charge on any atom is 0.240 e. The number of rotatable bonds is 12. The average Bonchev–Trinajstić information content (AvgIpc) is 3.04. The Morgan fingerprint density at radius 3 is 1.51 bits per heavy atom. The van der Waals surface area contributed by atoms with E-state index in [1.165, 1.54) is 50.5 Å². The van der Waals surface area contributed by atoms with Gasteiger partial charge >= 0.3 is 0 Å². The van der Waals surface area contributed by atoms with E-state index in [0.717, 1.165) is 6.07 Å². The lowest BCUT2D eigenvalue weighted by molar-refractivity contribution is 0.585. The number of anilines is 4. The predicted octanol–water partition coefficient (Wildman–Crippen LogP) is 3.99. The fraction of sp³-hybridized carbons (Fsp3) is 0.143. The van der Waals surface area contributed by atoms with Crippen LogP contribution in [0.2, 0.25) is 0 Å². The van der Waals surface area contributed by atoms with Crippen molar-refractivity contribution in [3.63, 3.8) is 0 Å². The molecule has 0 aliphatic heterocycles. The Hall–Kier alpha value is -4.84. The van der Waals surface area contributed by atoms with Gasteiger partial charge in [0, 0.05) is 12.1 Å². The van der Waals surface area contributed by atoms with E-state index in [4.69, 9.17) is 0 Å². The van der Waals surface area contributed by atoms with Crippen molar-refractivity contribution < 1.29 is 25.6 Å². The predicted molar refractivity (Wildman–Crippen MR) is 169 cm³/mol. The summed E-state index contributed by atoms with van der Waals surface area (Å²) in [4.78, 5) is 8.80. The van der Waals surface area contributed by atoms with Gasteiger partial charge in [0.1, 0.15) is 11.6 Å². The van der Waals surface area contributed by atoms with E-state index in [2.05, 4.69) is 45.8 Å². The van der Waals surface area contributed by atoms with Gasteiger partial charge in [-0.05, 0) is 75.5 Å². The minimum atomic E-state index is -3.60. The van der Waals surface area contributed by atoms with E-state index in [9.17, 15) is 25.6 Å². The number of nitrogens with one attached hydrogen (secondary N) is 5. The Kier molecular flexibility index (Phi) is 10.2. The molecule has 1 heterocycles. The Bertz CT molecular complexity index is 1860. The van der Waals surface area contributed by atoms with Gasteiger partial charge in [0.25, 0.3) is 0 Å². The standard InChI is InChI=1S/C28H29F2N9O4S2/c1-17(19-5-10-22(11-6-19)44(40,41)31-3)36-38-26-16-27(35-28(34-26)33-25-14-9-21(29)15-24(25)30)39-37-18(2)20-7-12-23(13-8-20)45(42,43)32-4/h5-16,31-32H,1-4H3,(H3,33,34,35,38,39)/b36-17-,37-18-. The third-order valence-electron chi connectivity index (χ3n) is 6.28. The van der Waals surface area contributed by atoms with Crippen LogP contribution in [0.1, 0.15) is 25.0 Å². The summed E-state index contributed by atoms with van der Waals surface area (Å²) in [5.41, 5.74) is 7.76. The van der Waals surface area contributed by atoms with Gasteiger partial charge in [0.15, 0.2) is 11.6 Å². The molecular formula is C28H29F2N9O4S2. The number of halogens is 2. The molecule has 3 aromatic carbocycles. The van der Waals surface area contributed by atoms with E-state index in [0.29, 0.717) is 28.6 Å². The summed E-state index contributed by atoms with van der Waals surface area (Å²) in [7, 11) is -4.55. The van der Waals surface area contributed by atoms with Crippen LogP contribution in [-0.2, 0) is 20.0 Å². The molecule has 13 nitrogen and oxygen atoms in total. The van der Waals surface area contributed by atoms with Gasteiger partial charge in [0.05, 0.1) is 26.9 Å². The lowest BCUT2D eigenvalue weighted by atomic mass is 10.1. The highest BCUT2D eigenvalue weighted by Crippen LogP contribution is 2.22. The third-order valence-corrected chi connectivity index (χ3v) is 9.14. The van der Waals surface area contributed by atoms with Gasteiger partial charge < -0.3 is 5.32 Å². The third kappa shape index (κ3) is 8.42. The topological polar surface area (TPSA) is 179 Å². The summed E-state index contributed by atoms with van der Waals surface area (Å²) >= 11 is 0. The minimum Gasteiger partial charge on any atom is -0.322 e. The van der Waals surface area contributed by atoms with Crippen LogP contribution in [0.25, 0.3) is 0 Å². The van der Waals surface area contributed by atoms with Gasteiger partial charge in [-0.3, -0.25) is 10.9 Å². The van der Waals surface area contributed by atoms with Gasteiger partial charge in [0.2, 0.25) is 26.0 Å². The van der Waals surface area contributed by atoms with Crippen LogP contribution in [0.4, 0.5) is 32.1 Å². The van der Waals surface area contributed by atoms with Crippen molar-refractivity contribution in [2.24, 2.45) is 10.2 Å². The summed E-state index contributed by atoms with van der Waals surface area (Å²) < 4.78 is 80.3. The molecule has 0 amide bonds. The number of hydrogen-bond donors (Lipinski definition) is 5. The molecule has 0 spiro atoms. The van der Waals surface area contributed by atoms with Crippen molar-refractivity contribution in [1.29, 1.82) is 0 Å². The molecule has 0 unspecified atom stereocenters. The molecule has 0 saturated carbocycles. The summed E-state index contributed by atoms with van der Waals surface area (Å²) in [5, 5.41) is 11.3. The first-order valence-corrected chi connectivity index (χ1v) is 16.1. The Morgan fingerprint density at radius 1 is 0.667 bits per heavy atom. The second-order valence-electron chi connectivity index (χ2n) is 9.29. The monoisotopic (exact) mass is 657 g/mol.